The number of anilines is 1. The smallest absolute Gasteiger partial charge is 0.312 e. The van der Waals surface area contributed by atoms with Crippen molar-refractivity contribution in [2.75, 3.05) is 12.0 Å². The molecular formula is C18H19NO4. The van der Waals surface area contributed by atoms with Gasteiger partial charge in [-0.25, -0.2) is 0 Å². The van der Waals surface area contributed by atoms with E-state index in [1.807, 2.05) is 18.2 Å². The molecule has 4 aliphatic rings. The second-order valence-corrected chi connectivity index (χ2v) is 6.84. The number of hydrogen-bond donors (Lipinski definition) is 0. The van der Waals surface area contributed by atoms with Gasteiger partial charge in [0.2, 0.25) is 11.8 Å². The highest BCUT2D eigenvalue weighted by Crippen LogP contribution is 2.60. The maximum Gasteiger partial charge on any atom is 0.312 e. The Balaban J connectivity index is 1.80. The van der Waals surface area contributed by atoms with E-state index in [0.717, 1.165) is 12.8 Å². The van der Waals surface area contributed by atoms with Crippen LogP contribution in [0.5, 0.6) is 0 Å². The maximum atomic E-state index is 13.1. The van der Waals surface area contributed by atoms with Gasteiger partial charge in [-0.05, 0) is 43.7 Å². The number of para-hydroxylation sites is 1. The van der Waals surface area contributed by atoms with E-state index in [0.29, 0.717) is 18.5 Å². The van der Waals surface area contributed by atoms with Crippen LogP contribution in [0.15, 0.2) is 30.3 Å². The van der Waals surface area contributed by atoms with E-state index in [4.69, 9.17) is 4.74 Å². The topological polar surface area (TPSA) is 63.7 Å². The minimum atomic E-state index is -0.815. The quantitative estimate of drug-likeness (QED) is 0.620. The molecule has 1 aliphatic heterocycles. The van der Waals surface area contributed by atoms with Gasteiger partial charge in [0.1, 0.15) is 0 Å². The van der Waals surface area contributed by atoms with Crippen molar-refractivity contribution in [1.82, 2.24) is 0 Å². The van der Waals surface area contributed by atoms with E-state index in [2.05, 4.69) is 0 Å². The number of fused-ring (bicyclic) bond motifs is 2. The highest BCUT2D eigenvalue weighted by molar-refractivity contribution is 6.23. The van der Waals surface area contributed by atoms with Gasteiger partial charge in [0, 0.05) is 0 Å². The summed E-state index contributed by atoms with van der Waals surface area (Å²) in [6.45, 7) is 0. The molecule has 2 unspecified atom stereocenters. The van der Waals surface area contributed by atoms with Crippen molar-refractivity contribution < 1.29 is 19.1 Å². The average molecular weight is 313 g/mol. The van der Waals surface area contributed by atoms with Crippen LogP contribution in [-0.2, 0) is 19.1 Å². The zero-order valence-corrected chi connectivity index (χ0v) is 13.0. The van der Waals surface area contributed by atoms with E-state index in [-0.39, 0.29) is 29.6 Å². The number of nitrogens with zero attached hydrogens (tertiary/aromatic N) is 1. The van der Waals surface area contributed by atoms with Gasteiger partial charge in [0.05, 0.1) is 30.0 Å². The summed E-state index contributed by atoms with van der Waals surface area (Å²) >= 11 is 0. The van der Waals surface area contributed by atoms with Crippen molar-refractivity contribution in [1.29, 1.82) is 0 Å². The molecule has 4 fully saturated rings. The van der Waals surface area contributed by atoms with Crippen molar-refractivity contribution in [2.24, 2.45) is 23.2 Å². The Morgan fingerprint density at radius 1 is 1.13 bits per heavy atom. The summed E-state index contributed by atoms with van der Waals surface area (Å²) in [4.78, 5) is 39.8. The summed E-state index contributed by atoms with van der Waals surface area (Å²) in [6, 6.07) is 8.99. The number of rotatable bonds is 2. The molecule has 1 aromatic rings. The number of ether oxygens (including phenoxy) is 1. The van der Waals surface area contributed by atoms with Gasteiger partial charge < -0.3 is 4.74 Å². The second kappa shape index (κ2) is 4.91. The molecule has 23 heavy (non-hydrogen) atoms. The Kier molecular flexibility index (Phi) is 3.08. The van der Waals surface area contributed by atoms with Crippen molar-refractivity contribution in [3.63, 3.8) is 0 Å². The van der Waals surface area contributed by atoms with Crippen LogP contribution in [-0.4, -0.2) is 24.9 Å². The third kappa shape index (κ3) is 1.76. The molecule has 3 saturated carbocycles. The summed E-state index contributed by atoms with van der Waals surface area (Å²) in [5, 5.41) is 0. The first-order valence-corrected chi connectivity index (χ1v) is 8.11. The first-order valence-electron chi connectivity index (χ1n) is 8.11. The van der Waals surface area contributed by atoms with Crippen LogP contribution in [0.3, 0.4) is 0 Å². The second-order valence-electron chi connectivity index (χ2n) is 6.84. The molecule has 2 bridgehead atoms. The first-order chi connectivity index (χ1) is 11.1. The van der Waals surface area contributed by atoms with E-state index >= 15 is 0 Å². The predicted octanol–water partition coefficient (Wildman–Crippen LogP) is 2.16. The third-order valence-corrected chi connectivity index (χ3v) is 5.98. The van der Waals surface area contributed by atoms with E-state index in [1.54, 1.807) is 12.1 Å². The van der Waals surface area contributed by atoms with E-state index in [9.17, 15) is 14.4 Å². The molecule has 1 aromatic carbocycles. The van der Waals surface area contributed by atoms with Crippen LogP contribution in [0.1, 0.15) is 25.7 Å². The standard InChI is InChI=1S/C18H19NO4/c1-23-17(22)18-9-7-11(8-10-18)13-14(18)16(21)19(15(13)20)12-5-3-2-4-6-12/h2-6,11,13-14H,7-10H2,1H3. The van der Waals surface area contributed by atoms with E-state index < -0.39 is 11.3 Å². The van der Waals surface area contributed by atoms with Crippen LogP contribution in [0.25, 0.3) is 0 Å². The van der Waals surface area contributed by atoms with Gasteiger partial charge in [0.15, 0.2) is 0 Å². The zero-order chi connectivity index (χ0) is 16.2. The molecule has 5 nitrogen and oxygen atoms in total. The highest BCUT2D eigenvalue weighted by Gasteiger charge is 2.67. The molecular weight excluding hydrogens is 294 g/mol. The van der Waals surface area contributed by atoms with Gasteiger partial charge in [-0.2, -0.15) is 0 Å². The maximum absolute atomic E-state index is 13.1. The van der Waals surface area contributed by atoms with E-state index in [1.165, 1.54) is 12.0 Å². The lowest BCUT2D eigenvalue weighted by Gasteiger charge is -2.49. The lowest BCUT2D eigenvalue weighted by molar-refractivity contribution is -0.172. The van der Waals surface area contributed by atoms with Crippen molar-refractivity contribution in [3.8, 4) is 0 Å². The first kappa shape index (κ1) is 14.4. The number of esters is 1. The van der Waals surface area contributed by atoms with Gasteiger partial charge in [-0.15, -0.1) is 0 Å². The van der Waals surface area contributed by atoms with Gasteiger partial charge in [-0.3, -0.25) is 19.3 Å². The van der Waals surface area contributed by atoms with Crippen molar-refractivity contribution in [2.45, 2.75) is 25.7 Å². The highest BCUT2D eigenvalue weighted by atomic mass is 16.5. The Bertz CT molecular complexity index is 676. The summed E-state index contributed by atoms with van der Waals surface area (Å²) in [6.07, 6.45) is 2.93. The molecule has 1 heterocycles. The molecule has 5 heteroatoms. The Morgan fingerprint density at radius 3 is 2.39 bits per heavy atom. The lowest BCUT2D eigenvalue weighted by atomic mass is 9.51. The summed E-state index contributed by atoms with van der Waals surface area (Å²) in [7, 11) is 1.36. The fraction of sp³-hybridized carbons (Fsp3) is 0.500. The van der Waals surface area contributed by atoms with Crippen molar-refractivity contribution in [3.05, 3.63) is 30.3 Å². The molecule has 1 saturated heterocycles. The molecule has 5 rings (SSSR count). The van der Waals surface area contributed by atoms with Gasteiger partial charge >= 0.3 is 5.97 Å². The Labute approximate surface area is 134 Å². The summed E-state index contributed by atoms with van der Waals surface area (Å²) in [5.74, 6) is -1.44. The SMILES string of the molecule is COC(=O)C12CCC(CC1)C1C(=O)N(c3ccccc3)C(=O)C12. The Hall–Kier alpha value is -2.17. The molecule has 2 atom stereocenters. The van der Waals surface area contributed by atoms with Crippen LogP contribution >= 0.6 is 0 Å². The van der Waals surface area contributed by atoms with Gasteiger partial charge in [-0.1, -0.05) is 18.2 Å². The average Bonchev–Trinajstić information content (AvgIpc) is 2.89. The normalized spacial score (nSPS) is 35.3. The molecule has 0 aromatic heterocycles. The van der Waals surface area contributed by atoms with Crippen LogP contribution in [0.2, 0.25) is 0 Å². The van der Waals surface area contributed by atoms with Gasteiger partial charge in [0.25, 0.3) is 0 Å². The van der Waals surface area contributed by atoms with Crippen LogP contribution in [0, 0.1) is 23.2 Å². The number of hydrogen-bond acceptors (Lipinski definition) is 4. The fourth-order valence-electron chi connectivity index (χ4n) is 4.94. The number of carbonyl (C=O) groups is 3. The number of imide groups is 1. The number of amides is 2. The number of methoxy groups -OCH3 is 1. The monoisotopic (exact) mass is 313 g/mol. The molecule has 0 spiro atoms. The van der Waals surface area contributed by atoms with Crippen LogP contribution < -0.4 is 4.90 Å². The molecule has 3 aliphatic carbocycles. The fourth-order valence-corrected chi connectivity index (χ4v) is 4.94. The molecule has 0 radical (unpaired) electrons. The number of benzene rings is 1. The summed E-state index contributed by atoms with van der Waals surface area (Å²) in [5.41, 5.74) is -0.221. The molecule has 0 N–H and O–H groups in total. The largest absolute Gasteiger partial charge is 0.469 e. The minimum Gasteiger partial charge on any atom is -0.469 e. The predicted molar refractivity (Wildman–Crippen MR) is 82.3 cm³/mol. The molecule has 2 amide bonds. The number of carbonyl (C=O) groups excluding carboxylic acids is 3. The lowest BCUT2D eigenvalue weighted by Crippen LogP contribution is -2.54. The summed E-state index contributed by atoms with van der Waals surface area (Å²) < 4.78 is 5.02. The zero-order valence-electron chi connectivity index (χ0n) is 13.0. The molecule has 120 valence electrons. The minimum absolute atomic E-state index is 0.149. The van der Waals surface area contributed by atoms with Crippen LogP contribution in [0.4, 0.5) is 5.69 Å². The van der Waals surface area contributed by atoms with Crippen molar-refractivity contribution >= 4 is 23.5 Å². The third-order valence-electron chi connectivity index (χ3n) is 5.98. The Morgan fingerprint density at radius 2 is 1.78 bits per heavy atom.